The Morgan fingerprint density at radius 1 is 1.41 bits per heavy atom. The Morgan fingerprint density at radius 3 is 2.65 bits per heavy atom. The number of halogens is 1. The zero-order valence-electron chi connectivity index (χ0n) is 10.2. The van der Waals surface area contributed by atoms with Crippen molar-refractivity contribution in [3.05, 3.63) is 23.6 Å². The average molecular weight is 242 g/mol. The zero-order valence-corrected chi connectivity index (χ0v) is 10.2. The quantitative estimate of drug-likeness (QED) is 0.789. The van der Waals surface area contributed by atoms with Crippen LogP contribution in [0.5, 0.6) is 0 Å². The molecule has 0 amide bonds. The SMILES string of the molecule is CC(C)N(CCCO)c1ncc(F)cc1CO. The van der Waals surface area contributed by atoms with Gasteiger partial charge in [0, 0.05) is 24.8 Å². The van der Waals surface area contributed by atoms with Crippen LogP contribution in [0.1, 0.15) is 25.8 Å². The van der Waals surface area contributed by atoms with Crippen molar-refractivity contribution >= 4 is 5.82 Å². The van der Waals surface area contributed by atoms with E-state index >= 15 is 0 Å². The van der Waals surface area contributed by atoms with Crippen molar-refractivity contribution in [3.63, 3.8) is 0 Å². The first kappa shape index (κ1) is 13.9. The molecule has 0 saturated carbocycles. The summed E-state index contributed by atoms with van der Waals surface area (Å²) < 4.78 is 13.0. The molecule has 0 aliphatic carbocycles. The van der Waals surface area contributed by atoms with E-state index in [4.69, 9.17) is 5.11 Å². The van der Waals surface area contributed by atoms with Crippen LogP contribution >= 0.6 is 0 Å². The molecule has 0 bridgehead atoms. The third-order valence-electron chi connectivity index (χ3n) is 2.53. The maximum Gasteiger partial charge on any atom is 0.142 e. The summed E-state index contributed by atoms with van der Waals surface area (Å²) in [4.78, 5) is 5.98. The van der Waals surface area contributed by atoms with Gasteiger partial charge in [-0.2, -0.15) is 0 Å². The van der Waals surface area contributed by atoms with Crippen molar-refractivity contribution in [1.29, 1.82) is 0 Å². The summed E-state index contributed by atoms with van der Waals surface area (Å²) >= 11 is 0. The van der Waals surface area contributed by atoms with Crippen LogP contribution in [0, 0.1) is 5.82 Å². The van der Waals surface area contributed by atoms with Crippen molar-refractivity contribution in [2.75, 3.05) is 18.1 Å². The smallest absolute Gasteiger partial charge is 0.142 e. The summed E-state index contributed by atoms with van der Waals surface area (Å²) in [7, 11) is 0. The molecular formula is C12H19FN2O2. The number of anilines is 1. The second kappa shape index (κ2) is 6.51. The average Bonchev–Trinajstić information content (AvgIpc) is 2.30. The maximum absolute atomic E-state index is 13.0. The highest BCUT2D eigenvalue weighted by atomic mass is 19.1. The van der Waals surface area contributed by atoms with Gasteiger partial charge in [0.15, 0.2) is 0 Å². The second-order valence-corrected chi connectivity index (χ2v) is 4.16. The molecule has 1 aromatic heterocycles. The van der Waals surface area contributed by atoms with E-state index in [1.807, 2.05) is 18.7 Å². The van der Waals surface area contributed by atoms with Crippen LogP contribution in [0.15, 0.2) is 12.3 Å². The summed E-state index contributed by atoms with van der Waals surface area (Å²) in [5.41, 5.74) is 0.469. The molecule has 4 nitrogen and oxygen atoms in total. The van der Waals surface area contributed by atoms with Gasteiger partial charge in [-0.1, -0.05) is 0 Å². The third-order valence-corrected chi connectivity index (χ3v) is 2.53. The van der Waals surface area contributed by atoms with Gasteiger partial charge in [0.25, 0.3) is 0 Å². The Hall–Kier alpha value is -1.20. The van der Waals surface area contributed by atoms with Crippen molar-refractivity contribution in [2.45, 2.75) is 32.9 Å². The first-order valence-electron chi connectivity index (χ1n) is 5.73. The number of aromatic nitrogens is 1. The number of aliphatic hydroxyl groups excluding tert-OH is 2. The van der Waals surface area contributed by atoms with E-state index in [1.165, 1.54) is 6.07 Å². The molecular weight excluding hydrogens is 223 g/mol. The lowest BCUT2D eigenvalue weighted by molar-refractivity contribution is 0.279. The van der Waals surface area contributed by atoms with Crippen molar-refractivity contribution < 1.29 is 14.6 Å². The van der Waals surface area contributed by atoms with Gasteiger partial charge in [0.1, 0.15) is 11.6 Å². The Balaban J connectivity index is 3.00. The van der Waals surface area contributed by atoms with E-state index in [9.17, 15) is 9.50 Å². The summed E-state index contributed by atoms with van der Waals surface area (Å²) in [5, 5.41) is 18.1. The number of rotatable bonds is 6. The summed E-state index contributed by atoms with van der Waals surface area (Å²) in [6.45, 7) is 4.45. The van der Waals surface area contributed by atoms with E-state index in [1.54, 1.807) is 0 Å². The summed E-state index contributed by atoms with van der Waals surface area (Å²) in [6, 6.07) is 1.46. The fraction of sp³-hybridized carbons (Fsp3) is 0.583. The highest BCUT2D eigenvalue weighted by Crippen LogP contribution is 2.21. The maximum atomic E-state index is 13.0. The van der Waals surface area contributed by atoms with Crippen molar-refractivity contribution in [3.8, 4) is 0 Å². The van der Waals surface area contributed by atoms with E-state index < -0.39 is 5.82 Å². The van der Waals surface area contributed by atoms with Gasteiger partial charge in [-0.25, -0.2) is 9.37 Å². The Morgan fingerprint density at radius 2 is 2.12 bits per heavy atom. The lowest BCUT2D eigenvalue weighted by atomic mass is 10.2. The number of hydrogen-bond donors (Lipinski definition) is 2. The molecule has 1 heterocycles. The minimum Gasteiger partial charge on any atom is -0.396 e. The first-order chi connectivity index (χ1) is 8.10. The van der Waals surface area contributed by atoms with Crippen LogP contribution < -0.4 is 4.90 Å². The molecule has 5 heteroatoms. The minimum absolute atomic E-state index is 0.0961. The number of aliphatic hydroxyl groups is 2. The van der Waals surface area contributed by atoms with Gasteiger partial charge in [0.2, 0.25) is 0 Å². The molecule has 0 atom stereocenters. The van der Waals surface area contributed by atoms with E-state index in [0.29, 0.717) is 24.3 Å². The van der Waals surface area contributed by atoms with Crippen LogP contribution in [-0.2, 0) is 6.61 Å². The molecule has 0 saturated heterocycles. The minimum atomic E-state index is -0.455. The number of pyridine rings is 1. The largest absolute Gasteiger partial charge is 0.396 e. The highest BCUT2D eigenvalue weighted by molar-refractivity contribution is 5.47. The van der Waals surface area contributed by atoms with Crippen LogP contribution in [0.2, 0.25) is 0 Å². The summed E-state index contributed by atoms with van der Waals surface area (Å²) in [6.07, 6.45) is 1.75. The molecule has 0 radical (unpaired) electrons. The van der Waals surface area contributed by atoms with Crippen molar-refractivity contribution in [1.82, 2.24) is 4.98 Å². The molecule has 2 N–H and O–H groups in total. The molecule has 0 aliphatic rings. The predicted molar refractivity (Wildman–Crippen MR) is 64.3 cm³/mol. The number of hydrogen-bond acceptors (Lipinski definition) is 4. The fourth-order valence-electron chi connectivity index (χ4n) is 1.70. The molecule has 0 fully saturated rings. The first-order valence-corrected chi connectivity index (χ1v) is 5.73. The van der Waals surface area contributed by atoms with Gasteiger partial charge < -0.3 is 15.1 Å². The molecule has 17 heavy (non-hydrogen) atoms. The molecule has 0 aromatic carbocycles. The van der Waals surface area contributed by atoms with Crippen molar-refractivity contribution in [2.24, 2.45) is 0 Å². The number of nitrogens with zero attached hydrogens (tertiary/aromatic N) is 2. The fourth-order valence-corrected chi connectivity index (χ4v) is 1.70. The van der Waals surface area contributed by atoms with E-state index in [2.05, 4.69) is 4.98 Å². The molecule has 0 spiro atoms. The van der Waals surface area contributed by atoms with Crippen LogP contribution in [0.4, 0.5) is 10.2 Å². The molecule has 0 unspecified atom stereocenters. The third kappa shape index (κ3) is 3.64. The van der Waals surface area contributed by atoms with E-state index in [-0.39, 0.29) is 19.3 Å². The standard InChI is InChI=1S/C12H19FN2O2/c1-9(2)15(4-3-5-16)12-10(8-17)6-11(13)7-14-12/h6-7,9,16-17H,3-5,8H2,1-2H3. The van der Waals surface area contributed by atoms with Gasteiger partial charge in [-0.3, -0.25) is 0 Å². The van der Waals surface area contributed by atoms with Gasteiger partial charge in [-0.15, -0.1) is 0 Å². The molecule has 0 aliphatic heterocycles. The molecule has 1 rings (SSSR count). The topological polar surface area (TPSA) is 56.6 Å². The normalized spacial score (nSPS) is 10.9. The predicted octanol–water partition coefficient (Wildman–Crippen LogP) is 1.31. The van der Waals surface area contributed by atoms with Gasteiger partial charge in [-0.05, 0) is 26.3 Å². The molecule has 96 valence electrons. The van der Waals surface area contributed by atoms with Crippen LogP contribution in [0.25, 0.3) is 0 Å². The van der Waals surface area contributed by atoms with Gasteiger partial charge >= 0.3 is 0 Å². The second-order valence-electron chi connectivity index (χ2n) is 4.16. The Kier molecular flexibility index (Phi) is 5.31. The van der Waals surface area contributed by atoms with Gasteiger partial charge in [0.05, 0.1) is 12.8 Å². The Labute approximate surface area is 101 Å². The Bertz CT molecular complexity index is 358. The van der Waals surface area contributed by atoms with E-state index in [0.717, 1.165) is 6.20 Å². The lowest BCUT2D eigenvalue weighted by Gasteiger charge is -2.29. The molecule has 1 aromatic rings. The van der Waals surface area contributed by atoms with Crippen LogP contribution in [-0.4, -0.2) is 34.4 Å². The van der Waals surface area contributed by atoms with Crippen LogP contribution in [0.3, 0.4) is 0 Å². The summed E-state index contributed by atoms with van der Waals surface area (Å²) in [5.74, 6) is 0.126. The highest BCUT2D eigenvalue weighted by Gasteiger charge is 2.15. The lowest BCUT2D eigenvalue weighted by Crippen LogP contribution is -2.33. The zero-order chi connectivity index (χ0) is 12.8. The monoisotopic (exact) mass is 242 g/mol.